The van der Waals surface area contributed by atoms with Crippen LogP contribution in [0, 0.1) is 87.7 Å². The third-order valence-electron chi connectivity index (χ3n) is 5.75. The van der Waals surface area contributed by atoms with E-state index < -0.39 is 138 Å². The van der Waals surface area contributed by atoms with Gasteiger partial charge in [-0.05, 0) is 40.9 Å². The lowest BCUT2D eigenvalue weighted by Gasteiger charge is -2.05. The van der Waals surface area contributed by atoms with Crippen LogP contribution in [-0.4, -0.2) is 0 Å². The van der Waals surface area contributed by atoms with E-state index in [0.29, 0.717) is 0 Å². The van der Waals surface area contributed by atoms with Crippen LogP contribution in [0.4, 0.5) is 11.4 Å². The molecule has 0 saturated heterocycles. The number of hydrogen-bond acceptors (Lipinski definition) is 6. The molecule has 3 aromatic rings. The monoisotopic (exact) mass is 540 g/mol. The van der Waals surface area contributed by atoms with Gasteiger partial charge in [-0.15, -0.1) is 0 Å². The van der Waals surface area contributed by atoms with Gasteiger partial charge in [0.25, 0.3) is 0 Å². The minimum atomic E-state index is -0.871. The van der Waals surface area contributed by atoms with E-state index >= 15 is 0 Å². The molecule has 0 N–H and O–H groups in total. The Bertz CT molecular complexity index is 2300. The molecule has 42 heavy (non-hydrogen) atoms. The highest BCUT2D eigenvalue weighted by atomic mass is 14.7. The van der Waals surface area contributed by atoms with Crippen LogP contribution in [0.25, 0.3) is 31.4 Å². The lowest BCUT2D eigenvalue weighted by atomic mass is 9.94. The standard InChI is InChI=1S/C33H9N9/c1-40-25-11-5-9-21(15-36)28(25)24(18-39)31-30(23(17-38)27-19(13-34)7-4-8-20(27)14-35)32(31)33(42-3)29-22(16-37)10-6-12-26(29)41-2/h4-12H/b30-23-,31-24+,33-32+/i4D,5D,6D,7D,8D,9D,10D,11D,12D. The topological polar surface area (TPSA) is 156 Å². The van der Waals surface area contributed by atoms with E-state index in [-0.39, 0.29) is 0 Å². The Kier molecular flexibility index (Phi) is 4.79. The summed E-state index contributed by atoms with van der Waals surface area (Å²) in [5, 5.41) is 61.1. The Morgan fingerprint density at radius 2 is 0.929 bits per heavy atom. The number of nitrogens with zero attached hydrogens (tertiary/aromatic N) is 9. The third kappa shape index (κ3) is 4.25. The summed E-state index contributed by atoms with van der Waals surface area (Å²) in [4.78, 5) is 9.77. The first-order chi connectivity index (χ1) is 24.2. The maximum absolute atomic E-state index is 10.5. The van der Waals surface area contributed by atoms with Crippen molar-refractivity contribution >= 4 is 28.2 Å². The van der Waals surface area contributed by atoms with Crippen molar-refractivity contribution in [2.45, 2.75) is 0 Å². The SMILES string of the molecule is [2H]c1c([2H])c(C#N)c(/C(C#N)=C2/C(=C(/C#N)c3c(C#N)c([2H])c([2H])c([2H])c3[N+]#[C-])/C2=C(/[N+]#[C-])c2c(C#N)c([2H])c([2H])c([2H])c2[N+]#[C-])c(C#N)c1[2H]. The second kappa shape index (κ2) is 11.4. The Hall–Kier alpha value is -7.71. The van der Waals surface area contributed by atoms with E-state index in [1.807, 2.05) is 0 Å². The fraction of sp³-hybridized carbons (Fsp3) is 0. The summed E-state index contributed by atoms with van der Waals surface area (Å²) in [6.07, 6.45) is 0. The van der Waals surface area contributed by atoms with Gasteiger partial charge in [0.05, 0.1) is 87.5 Å². The zero-order valence-electron chi connectivity index (χ0n) is 29.5. The Morgan fingerprint density at radius 1 is 0.548 bits per heavy atom. The number of nitriles is 6. The molecule has 0 bridgehead atoms. The van der Waals surface area contributed by atoms with E-state index in [4.69, 9.17) is 32.1 Å². The van der Waals surface area contributed by atoms with Crippen LogP contribution in [0.1, 0.15) is 51.3 Å². The van der Waals surface area contributed by atoms with Crippen molar-refractivity contribution in [3.05, 3.63) is 144 Å². The highest BCUT2D eigenvalue weighted by Gasteiger charge is 2.43. The van der Waals surface area contributed by atoms with Crippen LogP contribution >= 0.6 is 0 Å². The number of allylic oxidation sites excluding steroid dienone is 5. The zero-order chi connectivity index (χ0) is 38.2. The highest BCUT2D eigenvalue weighted by molar-refractivity contribution is 6.13. The first kappa shape index (κ1) is 17.7. The van der Waals surface area contributed by atoms with E-state index in [2.05, 4.69) is 14.5 Å². The van der Waals surface area contributed by atoms with Crippen LogP contribution in [0.2, 0.25) is 0 Å². The molecule has 1 saturated carbocycles. The number of rotatable bonds is 3. The average Bonchev–Trinajstić information content (AvgIpc) is 3.84. The highest BCUT2D eigenvalue weighted by Crippen LogP contribution is 2.58. The summed E-state index contributed by atoms with van der Waals surface area (Å²) < 4.78 is 73.9. The van der Waals surface area contributed by atoms with Crippen molar-refractivity contribution in [1.82, 2.24) is 0 Å². The van der Waals surface area contributed by atoms with Crippen molar-refractivity contribution < 1.29 is 12.3 Å². The lowest BCUT2D eigenvalue weighted by Crippen LogP contribution is -1.94. The van der Waals surface area contributed by atoms with Crippen LogP contribution in [0.3, 0.4) is 0 Å². The van der Waals surface area contributed by atoms with E-state index in [0.717, 1.165) is 0 Å². The van der Waals surface area contributed by atoms with Crippen molar-refractivity contribution in [2.75, 3.05) is 0 Å². The molecule has 0 aliphatic heterocycles. The number of benzene rings is 3. The van der Waals surface area contributed by atoms with E-state index in [9.17, 15) is 31.6 Å². The Balaban J connectivity index is 2.51. The van der Waals surface area contributed by atoms with Crippen LogP contribution in [0.15, 0.2) is 71.1 Å². The van der Waals surface area contributed by atoms with E-state index in [1.54, 1.807) is 36.4 Å². The molecule has 0 spiro atoms. The molecule has 186 valence electrons. The van der Waals surface area contributed by atoms with E-state index in [1.165, 1.54) is 0 Å². The molecule has 3 aromatic carbocycles. The molecule has 0 aromatic heterocycles. The molecule has 4 rings (SSSR count). The minimum Gasteiger partial charge on any atom is -0.239 e. The Labute approximate surface area is 253 Å². The molecule has 9 heteroatoms. The zero-order valence-corrected chi connectivity index (χ0v) is 20.5. The summed E-state index contributed by atoms with van der Waals surface area (Å²) in [5.74, 6) is 0. The first-order valence-electron chi connectivity index (χ1n) is 15.4. The van der Waals surface area contributed by atoms with Crippen LogP contribution in [0.5, 0.6) is 0 Å². The molecule has 1 aliphatic carbocycles. The molecule has 0 amide bonds. The largest absolute Gasteiger partial charge is 0.239 e. The fourth-order valence-corrected chi connectivity index (χ4v) is 4.06. The molecule has 0 unspecified atom stereocenters. The van der Waals surface area contributed by atoms with Gasteiger partial charge in [0.2, 0.25) is 0 Å². The van der Waals surface area contributed by atoms with Crippen molar-refractivity contribution in [1.29, 1.82) is 31.6 Å². The summed E-state index contributed by atoms with van der Waals surface area (Å²) in [6, 6.07) is 2.14. The molecule has 1 fully saturated rings. The van der Waals surface area contributed by atoms with Gasteiger partial charge in [-0.25, -0.2) is 14.5 Å². The molecule has 9 nitrogen and oxygen atoms in total. The first-order valence-corrected chi connectivity index (χ1v) is 10.9. The maximum Gasteiger partial charge on any atom is 0.196 e. The maximum atomic E-state index is 10.5. The molecule has 0 heterocycles. The smallest absolute Gasteiger partial charge is 0.196 e. The third-order valence-corrected chi connectivity index (χ3v) is 5.75. The summed E-state index contributed by atoms with van der Waals surface area (Å²) in [5.41, 5.74) is -10.3. The van der Waals surface area contributed by atoms with Gasteiger partial charge >= 0.3 is 0 Å². The molecular formula is C33H9N9. The van der Waals surface area contributed by atoms with Crippen molar-refractivity contribution in [3.63, 3.8) is 0 Å². The Morgan fingerprint density at radius 3 is 1.33 bits per heavy atom. The summed E-state index contributed by atoms with van der Waals surface area (Å²) >= 11 is 0. The van der Waals surface area contributed by atoms with Gasteiger partial charge in [0.1, 0.15) is 6.07 Å². The van der Waals surface area contributed by atoms with Gasteiger partial charge in [-0.3, -0.25) is 0 Å². The molecule has 0 radical (unpaired) electrons. The van der Waals surface area contributed by atoms with Crippen LogP contribution in [-0.2, 0) is 0 Å². The summed E-state index contributed by atoms with van der Waals surface area (Å²) in [7, 11) is 0. The lowest BCUT2D eigenvalue weighted by molar-refractivity contribution is 1.41. The van der Waals surface area contributed by atoms with Crippen molar-refractivity contribution in [2.24, 2.45) is 0 Å². The second-order valence-corrected chi connectivity index (χ2v) is 7.68. The van der Waals surface area contributed by atoms with Gasteiger partial charge in [0.15, 0.2) is 17.1 Å². The van der Waals surface area contributed by atoms with Crippen molar-refractivity contribution in [3.8, 4) is 36.4 Å². The minimum absolute atomic E-state index is 0.508. The second-order valence-electron chi connectivity index (χ2n) is 7.68. The molecule has 0 atom stereocenters. The predicted octanol–water partition coefficient (Wildman–Crippen LogP) is 6.87. The van der Waals surface area contributed by atoms with Gasteiger partial charge in [-0.1, -0.05) is 30.2 Å². The van der Waals surface area contributed by atoms with Gasteiger partial charge < -0.3 is 0 Å². The fourth-order valence-electron chi connectivity index (χ4n) is 4.06. The number of hydrogen-bond donors (Lipinski definition) is 0. The summed E-state index contributed by atoms with van der Waals surface area (Å²) in [6.45, 7) is 23.5. The average molecular weight is 541 g/mol. The predicted molar refractivity (Wildman–Crippen MR) is 149 cm³/mol. The van der Waals surface area contributed by atoms with Gasteiger partial charge in [0, 0.05) is 25.0 Å². The van der Waals surface area contributed by atoms with Gasteiger partial charge in [-0.2, -0.15) is 31.6 Å². The normalized spacial score (nSPS) is 17.4. The molecule has 1 aliphatic rings. The quantitative estimate of drug-likeness (QED) is 0.260. The molecular weight excluding hydrogens is 522 g/mol. The van der Waals surface area contributed by atoms with Crippen LogP contribution < -0.4 is 0 Å².